The third kappa shape index (κ3) is 5.98. The molecule has 0 amide bonds. The summed E-state index contributed by atoms with van der Waals surface area (Å²) in [4.78, 5) is 14.0. The molecule has 2 aromatic rings. The summed E-state index contributed by atoms with van der Waals surface area (Å²) < 4.78 is 5.43. The van der Waals surface area contributed by atoms with Crippen LogP contribution in [0.1, 0.15) is 12.5 Å². The summed E-state index contributed by atoms with van der Waals surface area (Å²) >= 11 is 0. The summed E-state index contributed by atoms with van der Waals surface area (Å²) in [5, 5.41) is 3.43. The molecule has 0 radical (unpaired) electrons. The lowest BCUT2D eigenvalue weighted by atomic mass is 10.1. The van der Waals surface area contributed by atoms with Crippen LogP contribution in [0.5, 0.6) is 5.75 Å². The van der Waals surface area contributed by atoms with Crippen molar-refractivity contribution in [2.24, 2.45) is 4.99 Å². The third-order valence-corrected chi connectivity index (χ3v) is 4.72. The molecule has 6 nitrogen and oxygen atoms in total. The number of nitrogens with zero attached hydrogens (tertiary/aromatic N) is 4. The monoisotopic (exact) mass is 495 g/mol. The minimum absolute atomic E-state index is 0. The Balaban J connectivity index is 0.00000280. The zero-order chi connectivity index (χ0) is 18.9. The van der Waals surface area contributed by atoms with Gasteiger partial charge in [0.2, 0.25) is 0 Å². The Kier molecular flexibility index (Phi) is 9.33. The van der Waals surface area contributed by atoms with Gasteiger partial charge in [-0.3, -0.25) is 4.99 Å². The normalized spacial score (nSPS) is 14.4. The molecular weight excluding hydrogens is 465 g/mol. The van der Waals surface area contributed by atoms with Gasteiger partial charge in [0.1, 0.15) is 11.6 Å². The first-order valence-corrected chi connectivity index (χ1v) is 9.63. The molecule has 1 aromatic carbocycles. The third-order valence-electron chi connectivity index (χ3n) is 4.72. The topological polar surface area (TPSA) is 53.0 Å². The highest BCUT2D eigenvalue weighted by atomic mass is 127. The Labute approximate surface area is 185 Å². The number of hydrogen-bond donors (Lipinski definition) is 1. The van der Waals surface area contributed by atoms with Crippen molar-refractivity contribution >= 4 is 35.8 Å². The first-order valence-electron chi connectivity index (χ1n) is 9.63. The number of ether oxygens (including phenoxy) is 1. The Hall–Kier alpha value is -2.03. The first kappa shape index (κ1) is 22.3. The van der Waals surface area contributed by atoms with Crippen LogP contribution >= 0.6 is 24.0 Å². The van der Waals surface area contributed by atoms with Gasteiger partial charge in [0.05, 0.1) is 7.11 Å². The molecule has 0 unspecified atom stereocenters. The summed E-state index contributed by atoms with van der Waals surface area (Å²) in [6, 6.07) is 14.2. The zero-order valence-electron chi connectivity index (χ0n) is 16.7. The highest BCUT2D eigenvalue weighted by molar-refractivity contribution is 14.0. The van der Waals surface area contributed by atoms with E-state index < -0.39 is 0 Å². The van der Waals surface area contributed by atoms with Crippen LogP contribution < -0.4 is 15.0 Å². The van der Waals surface area contributed by atoms with Crippen LogP contribution in [-0.2, 0) is 6.42 Å². The van der Waals surface area contributed by atoms with E-state index in [1.165, 1.54) is 5.56 Å². The fraction of sp³-hybridized carbons (Fsp3) is 0.429. The largest absolute Gasteiger partial charge is 0.496 e. The maximum atomic E-state index is 5.43. The lowest BCUT2D eigenvalue weighted by molar-refractivity contribution is 0.371. The molecule has 28 heavy (non-hydrogen) atoms. The number of pyridine rings is 1. The van der Waals surface area contributed by atoms with Crippen molar-refractivity contribution in [2.75, 3.05) is 51.3 Å². The number of halogens is 1. The van der Waals surface area contributed by atoms with Gasteiger partial charge in [0.15, 0.2) is 5.96 Å². The number of rotatable bonds is 6. The second kappa shape index (κ2) is 11.7. The van der Waals surface area contributed by atoms with E-state index in [1.807, 2.05) is 36.5 Å². The number of anilines is 1. The summed E-state index contributed by atoms with van der Waals surface area (Å²) in [6.07, 6.45) is 2.72. The van der Waals surface area contributed by atoms with Crippen molar-refractivity contribution in [1.82, 2.24) is 15.2 Å². The van der Waals surface area contributed by atoms with Crippen molar-refractivity contribution < 1.29 is 4.74 Å². The fourth-order valence-corrected chi connectivity index (χ4v) is 3.31. The number of para-hydroxylation sites is 1. The van der Waals surface area contributed by atoms with Crippen LogP contribution in [0.3, 0.4) is 0 Å². The van der Waals surface area contributed by atoms with Gasteiger partial charge in [-0.15, -0.1) is 24.0 Å². The molecule has 1 N–H and O–H groups in total. The number of hydrogen-bond acceptors (Lipinski definition) is 4. The highest BCUT2D eigenvalue weighted by Gasteiger charge is 2.20. The van der Waals surface area contributed by atoms with E-state index in [2.05, 4.69) is 39.2 Å². The predicted octanol–water partition coefficient (Wildman–Crippen LogP) is 3.04. The van der Waals surface area contributed by atoms with Crippen molar-refractivity contribution in [3.8, 4) is 5.75 Å². The Morgan fingerprint density at radius 1 is 1.11 bits per heavy atom. The van der Waals surface area contributed by atoms with E-state index in [0.29, 0.717) is 0 Å². The number of aromatic nitrogens is 1. The Bertz CT molecular complexity index is 733. The molecule has 152 valence electrons. The number of aliphatic imine (C=N–C) groups is 1. The molecule has 0 spiro atoms. The van der Waals surface area contributed by atoms with Gasteiger partial charge < -0.3 is 19.9 Å². The van der Waals surface area contributed by atoms with Gasteiger partial charge >= 0.3 is 0 Å². The van der Waals surface area contributed by atoms with E-state index in [1.54, 1.807) is 7.11 Å². The van der Waals surface area contributed by atoms with Crippen molar-refractivity contribution in [1.29, 1.82) is 0 Å². The maximum Gasteiger partial charge on any atom is 0.194 e. The lowest BCUT2D eigenvalue weighted by Crippen LogP contribution is -2.52. The minimum atomic E-state index is 0. The Morgan fingerprint density at radius 2 is 1.86 bits per heavy atom. The molecule has 3 rings (SSSR count). The molecule has 0 saturated carbocycles. The molecule has 1 saturated heterocycles. The van der Waals surface area contributed by atoms with Crippen LogP contribution in [0.2, 0.25) is 0 Å². The number of guanidine groups is 1. The summed E-state index contributed by atoms with van der Waals surface area (Å²) in [7, 11) is 1.72. The van der Waals surface area contributed by atoms with Crippen LogP contribution in [0.25, 0.3) is 0 Å². The van der Waals surface area contributed by atoms with E-state index in [9.17, 15) is 0 Å². The summed E-state index contributed by atoms with van der Waals surface area (Å²) in [6.45, 7) is 7.51. The van der Waals surface area contributed by atoms with Crippen molar-refractivity contribution in [3.05, 3.63) is 54.2 Å². The highest BCUT2D eigenvalue weighted by Crippen LogP contribution is 2.18. The molecule has 1 fully saturated rings. The molecule has 0 aliphatic carbocycles. The molecule has 1 aromatic heterocycles. The quantitative estimate of drug-likeness (QED) is 0.380. The van der Waals surface area contributed by atoms with Gasteiger partial charge in [0, 0.05) is 45.5 Å². The van der Waals surface area contributed by atoms with E-state index in [-0.39, 0.29) is 24.0 Å². The fourth-order valence-electron chi connectivity index (χ4n) is 3.31. The van der Waals surface area contributed by atoms with Crippen molar-refractivity contribution in [3.63, 3.8) is 0 Å². The molecule has 1 aliphatic rings. The predicted molar refractivity (Wildman–Crippen MR) is 126 cm³/mol. The van der Waals surface area contributed by atoms with Gasteiger partial charge in [-0.05, 0) is 37.1 Å². The number of benzene rings is 1. The average Bonchev–Trinajstić information content (AvgIpc) is 2.74. The van der Waals surface area contributed by atoms with Crippen LogP contribution in [-0.4, -0.2) is 62.2 Å². The van der Waals surface area contributed by atoms with Gasteiger partial charge in [-0.25, -0.2) is 4.98 Å². The molecule has 1 aliphatic heterocycles. The number of piperazine rings is 1. The summed E-state index contributed by atoms with van der Waals surface area (Å²) in [5.74, 6) is 2.98. The van der Waals surface area contributed by atoms with E-state index in [4.69, 9.17) is 9.73 Å². The maximum absolute atomic E-state index is 5.43. The van der Waals surface area contributed by atoms with Gasteiger partial charge in [-0.2, -0.15) is 0 Å². The van der Waals surface area contributed by atoms with Crippen LogP contribution in [0.15, 0.2) is 53.7 Å². The second-order valence-corrected chi connectivity index (χ2v) is 6.46. The Morgan fingerprint density at radius 3 is 2.54 bits per heavy atom. The second-order valence-electron chi connectivity index (χ2n) is 6.46. The van der Waals surface area contributed by atoms with Crippen molar-refractivity contribution in [2.45, 2.75) is 13.3 Å². The first-order chi connectivity index (χ1) is 13.3. The minimum Gasteiger partial charge on any atom is -0.496 e. The number of nitrogens with one attached hydrogen (secondary N) is 1. The molecule has 0 bridgehead atoms. The molecule has 7 heteroatoms. The molecular formula is C21H30IN5O. The van der Waals surface area contributed by atoms with E-state index >= 15 is 0 Å². The molecule has 2 heterocycles. The average molecular weight is 495 g/mol. The van der Waals surface area contributed by atoms with Gasteiger partial charge in [-0.1, -0.05) is 24.3 Å². The smallest absolute Gasteiger partial charge is 0.194 e. The molecule has 0 atom stereocenters. The SMILES string of the molecule is CCNC(=NCCc1ccccc1OC)N1CCN(c2ccccn2)CC1.I. The summed E-state index contributed by atoms with van der Waals surface area (Å²) in [5.41, 5.74) is 1.19. The number of methoxy groups -OCH3 is 1. The van der Waals surface area contributed by atoms with Crippen LogP contribution in [0.4, 0.5) is 5.82 Å². The standard InChI is InChI=1S/C21H29N5O.HI/c1-3-22-21(24-13-11-18-8-4-5-9-19(18)27-2)26-16-14-25(15-17-26)20-10-6-7-12-23-20;/h4-10,12H,3,11,13-17H2,1-2H3,(H,22,24);1H. The van der Waals surface area contributed by atoms with Crippen LogP contribution in [0, 0.1) is 0 Å². The lowest BCUT2D eigenvalue weighted by Gasteiger charge is -2.37. The van der Waals surface area contributed by atoms with E-state index in [0.717, 1.165) is 63.2 Å². The van der Waals surface area contributed by atoms with Gasteiger partial charge in [0.25, 0.3) is 0 Å². The zero-order valence-corrected chi connectivity index (χ0v) is 19.0.